The number of nitro groups is 1. The number of carbonyl (C=O) groups excluding carboxylic acids is 5. The lowest BCUT2D eigenvalue weighted by molar-refractivity contribution is -0.384. The molecule has 0 aliphatic carbocycles. The molecule has 4 saturated heterocycles. The predicted octanol–water partition coefficient (Wildman–Crippen LogP) is 9.64. The zero-order valence-corrected chi connectivity index (χ0v) is 52.3. The van der Waals surface area contributed by atoms with Crippen LogP contribution in [0, 0.1) is 22.0 Å². The molecule has 25 heteroatoms. The van der Waals surface area contributed by atoms with Crippen LogP contribution in [0.4, 0.5) is 22.7 Å². The van der Waals surface area contributed by atoms with E-state index in [-0.39, 0.29) is 46.9 Å². The van der Waals surface area contributed by atoms with Crippen molar-refractivity contribution in [3.63, 3.8) is 0 Å². The summed E-state index contributed by atoms with van der Waals surface area (Å²) in [4.78, 5) is 92.0. The van der Waals surface area contributed by atoms with Crippen molar-refractivity contribution in [2.24, 2.45) is 11.8 Å². The highest BCUT2D eigenvalue weighted by molar-refractivity contribution is 7.90. The van der Waals surface area contributed by atoms with Gasteiger partial charge in [0, 0.05) is 111 Å². The van der Waals surface area contributed by atoms with Gasteiger partial charge in [-0.25, -0.2) is 18.1 Å². The molecule has 5 amide bonds. The zero-order chi connectivity index (χ0) is 63.9. The average molecular weight is 1290 g/mol. The third-order valence-corrected chi connectivity index (χ3v) is 19.5. The first-order valence-electron chi connectivity index (χ1n) is 31.3. The Labute approximate surface area is 537 Å². The summed E-state index contributed by atoms with van der Waals surface area (Å²) in [6.07, 6.45) is 9.88. The van der Waals surface area contributed by atoms with Crippen LogP contribution in [0.25, 0.3) is 22.2 Å². The van der Waals surface area contributed by atoms with E-state index >= 15 is 0 Å². The number of fused-ring (bicyclic) bond motifs is 2. The molecule has 0 bridgehead atoms. The van der Waals surface area contributed by atoms with Gasteiger partial charge < -0.3 is 39.6 Å². The molecule has 5 aliphatic heterocycles. The number of halogens is 1. The summed E-state index contributed by atoms with van der Waals surface area (Å²) >= 11 is 6.38. The number of benzene rings is 5. The molecule has 23 nitrogen and oxygen atoms in total. The fraction of sp³-hybridized carbons (Fsp3) is 0.373. The number of H-pyrrole nitrogens is 1. The highest BCUT2D eigenvalue weighted by atomic mass is 35.5. The molecule has 4 fully saturated rings. The van der Waals surface area contributed by atoms with Gasteiger partial charge in [0.15, 0.2) is 0 Å². The first-order valence-corrected chi connectivity index (χ1v) is 33.2. The number of carbonyl (C=O) groups is 5. The largest absolute Gasteiger partial charge is 0.493 e. The van der Waals surface area contributed by atoms with Crippen molar-refractivity contribution in [3.8, 4) is 28.4 Å². The number of sulfonamides is 1. The lowest BCUT2D eigenvalue weighted by Crippen LogP contribution is -2.54. The number of likely N-dealkylation sites (tertiary alicyclic amines) is 1. The summed E-state index contributed by atoms with van der Waals surface area (Å²) in [5.74, 6) is -1.25. The number of nitrogens with one attached hydrogen (secondary N) is 5. The second-order valence-corrected chi connectivity index (χ2v) is 26.1. The maximum absolute atomic E-state index is 14.2. The number of nitrogens with zero attached hydrogens (tertiary/aromatic N) is 6. The van der Waals surface area contributed by atoms with Gasteiger partial charge in [0.25, 0.3) is 33.4 Å². The number of aromatic amines is 1. The van der Waals surface area contributed by atoms with Crippen LogP contribution in [0.2, 0.25) is 5.02 Å². The van der Waals surface area contributed by atoms with Crippen molar-refractivity contribution in [3.05, 3.63) is 159 Å². The van der Waals surface area contributed by atoms with Crippen molar-refractivity contribution in [2.75, 3.05) is 94.3 Å². The molecule has 5 N–H and O–H groups in total. The lowest BCUT2D eigenvalue weighted by Gasteiger charge is -2.37. The molecule has 1 unspecified atom stereocenters. The van der Waals surface area contributed by atoms with Crippen LogP contribution < -0.4 is 35.0 Å². The third kappa shape index (κ3) is 14.5. The topological polar surface area (TPSA) is 280 Å². The first kappa shape index (κ1) is 63.2. The number of piperazine rings is 1. The summed E-state index contributed by atoms with van der Waals surface area (Å²) in [5, 5.41) is 22.3. The molecular formula is C67H72ClN11O12S. The van der Waals surface area contributed by atoms with Crippen LogP contribution in [-0.4, -0.2) is 152 Å². The molecule has 12 rings (SSSR count). The normalized spacial score (nSPS) is 17.8. The molecule has 1 atom stereocenters. The fourth-order valence-electron chi connectivity index (χ4n) is 12.8. The Bertz CT molecular complexity index is 4030. The number of hydrogen-bond acceptors (Lipinski definition) is 18. The van der Waals surface area contributed by atoms with E-state index in [1.165, 1.54) is 24.4 Å². The van der Waals surface area contributed by atoms with E-state index in [2.05, 4.69) is 57.5 Å². The van der Waals surface area contributed by atoms with Gasteiger partial charge in [-0.2, -0.15) is 0 Å². The Morgan fingerprint density at radius 1 is 0.772 bits per heavy atom. The SMILES string of the molecule is O=C1CCC(N2C(=O)c3cccc(NCCCCCN4CCC(COc5cccc(-c6ccc(Cl)cc6)c5CN5CCN(c6ccc(C(=O)NS(=O)(=O)c7ccc(NCC8CCOCC8)c([N+](=O)[O-])c7)c(Oc7cnc8[nH]ccc8c7)c6)CC5)CC4)c3C2=O)C(=O)N1. The Kier molecular flexibility index (Phi) is 19.4. The van der Waals surface area contributed by atoms with E-state index in [9.17, 15) is 42.5 Å². The average Bonchev–Trinajstić information content (AvgIpc) is 1.62. The van der Waals surface area contributed by atoms with Crippen LogP contribution in [0.1, 0.15) is 94.4 Å². The second kappa shape index (κ2) is 28.3. The molecule has 7 aromatic rings. The van der Waals surface area contributed by atoms with Crippen LogP contribution in [-0.2, 0) is 30.9 Å². The minimum atomic E-state index is -4.62. The molecule has 480 valence electrons. The standard InChI is InChI=1S/C67H72ClN11O12S/c68-47-12-10-45(11-13-47)51-6-5-9-59(90-42-44-21-28-75(29-22-44)27-3-1-2-25-69-56-8-4-7-53-62(56)67(84)78(66(53)83)57-18-19-61(80)73-65(57)82)54(51)41-76-30-32-77(33-31-76)48-14-16-52(60(37-48)91-49-36-46-20-26-70-63(46)72-40-49)64(81)74-92(87,88)50-15-17-55(58(38-50)79(85)86)71-39-43-23-34-89-35-24-43/h4-17,20,26,36-38,40,43-44,57,69,71H,1-3,18-19,21-25,27-35,39,41-42H2,(H,70,72)(H,74,81)(H,73,80,82). The Morgan fingerprint density at radius 2 is 1.55 bits per heavy atom. The van der Waals surface area contributed by atoms with Gasteiger partial charge in [-0.05, 0) is 154 Å². The maximum atomic E-state index is 14.2. The quantitative estimate of drug-likeness (QED) is 0.0163. The van der Waals surface area contributed by atoms with Gasteiger partial charge in [-0.1, -0.05) is 48.4 Å². The van der Waals surface area contributed by atoms with E-state index in [1.807, 2.05) is 36.4 Å². The van der Waals surface area contributed by atoms with Crippen molar-refractivity contribution in [2.45, 2.75) is 75.3 Å². The van der Waals surface area contributed by atoms with E-state index in [4.69, 9.17) is 25.8 Å². The molecule has 0 saturated carbocycles. The number of piperidine rings is 2. The van der Waals surface area contributed by atoms with E-state index in [1.54, 1.807) is 42.6 Å². The number of imide groups is 2. The van der Waals surface area contributed by atoms with Gasteiger partial charge in [-0.3, -0.25) is 49.2 Å². The molecular weight excluding hydrogens is 1220 g/mol. The lowest BCUT2D eigenvalue weighted by atomic mass is 9.96. The summed E-state index contributed by atoms with van der Waals surface area (Å²) in [6, 6.07) is 30.2. The van der Waals surface area contributed by atoms with Gasteiger partial charge >= 0.3 is 0 Å². The number of ether oxygens (including phenoxy) is 3. The number of nitro benzene ring substituents is 1. The number of hydrogen-bond donors (Lipinski definition) is 5. The maximum Gasteiger partial charge on any atom is 0.293 e. The monoisotopic (exact) mass is 1290 g/mol. The molecule has 0 radical (unpaired) electrons. The van der Waals surface area contributed by atoms with Crippen molar-refractivity contribution in [1.82, 2.24) is 34.7 Å². The summed E-state index contributed by atoms with van der Waals surface area (Å²) in [7, 11) is -4.62. The van der Waals surface area contributed by atoms with Crippen LogP contribution in [0.3, 0.4) is 0 Å². The van der Waals surface area contributed by atoms with Crippen molar-refractivity contribution >= 4 is 84.9 Å². The van der Waals surface area contributed by atoms with Crippen molar-refractivity contribution < 1.29 is 51.5 Å². The van der Waals surface area contributed by atoms with Gasteiger partial charge in [-0.15, -0.1) is 0 Å². The number of aromatic nitrogens is 2. The third-order valence-electron chi connectivity index (χ3n) is 18.0. The highest BCUT2D eigenvalue weighted by Crippen LogP contribution is 2.38. The summed E-state index contributed by atoms with van der Waals surface area (Å²) in [5.41, 5.74) is 5.25. The van der Waals surface area contributed by atoms with Gasteiger partial charge in [0.1, 0.15) is 34.6 Å². The fourth-order valence-corrected chi connectivity index (χ4v) is 13.9. The van der Waals surface area contributed by atoms with Crippen LogP contribution in [0.15, 0.2) is 126 Å². The van der Waals surface area contributed by atoms with Gasteiger partial charge in [0.2, 0.25) is 11.8 Å². The Balaban J connectivity index is 0.656. The molecule has 0 spiro atoms. The van der Waals surface area contributed by atoms with E-state index in [0.29, 0.717) is 93.7 Å². The summed E-state index contributed by atoms with van der Waals surface area (Å²) in [6.45, 7) is 8.95. The van der Waals surface area contributed by atoms with E-state index < -0.39 is 61.1 Å². The molecule has 5 aromatic carbocycles. The number of pyridine rings is 1. The van der Waals surface area contributed by atoms with Crippen LogP contribution >= 0.6 is 11.6 Å². The molecule has 7 heterocycles. The van der Waals surface area contributed by atoms with Gasteiger partial charge in [0.05, 0.1) is 39.3 Å². The molecule has 5 aliphatic rings. The molecule has 2 aromatic heterocycles. The second-order valence-electron chi connectivity index (χ2n) is 24.0. The minimum Gasteiger partial charge on any atom is -0.493 e. The summed E-state index contributed by atoms with van der Waals surface area (Å²) < 4.78 is 48.5. The smallest absolute Gasteiger partial charge is 0.293 e. The van der Waals surface area contributed by atoms with Crippen LogP contribution in [0.5, 0.6) is 17.2 Å². The van der Waals surface area contributed by atoms with E-state index in [0.717, 1.165) is 109 Å². The highest BCUT2D eigenvalue weighted by Gasteiger charge is 2.46. The zero-order valence-electron chi connectivity index (χ0n) is 50.7. The number of anilines is 3. The minimum absolute atomic E-state index is 0.0631. The number of rotatable bonds is 24. The Hall–Kier alpha value is -8.94. The first-order chi connectivity index (χ1) is 44.6. The predicted molar refractivity (Wildman–Crippen MR) is 347 cm³/mol. The number of amides is 5. The molecule has 92 heavy (non-hydrogen) atoms. The number of unbranched alkanes of at least 4 members (excludes halogenated alkanes) is 2. The van der Waals surface area contributed by atoms with Crippen molar-refractivity contribution in [1.29, 1.82) is 0 Å². The Morgan fingerprint density at radius 3 is 2.34 bits per heavy atom.